The molecule has 0 spiro atoms. The van der Waals surface area contributed by atoms with Crippen molar-refractivity contribution in [2.24, 2.45) is 5.41 Å². The number of benzene rings is 2. The van der Waals surface area contributed by atoms with Crippen LogP contribution in [0.3, 0.4) is 0 Å². The lowest BCUT2D eigenvalue weighted by atomic mass is 9.90. The van der Waals surface area contributed by atoms with Gasteiger partial charge in [-0.25, -0.2) is 4.39 Å². The van der Waals surface area contributed by atoms with Gasteiger partial charge in [0, 0.05) is 17.4 Å². The molecule has 0 unspecified atom stereocenters. The maximum atomic E-state index is 13.0. The highest BCUT2D eigenvalue weighted by molar-refractivity contribution is 6.14. The molecule has 2 aromatic rings. The number of amides is 2. The molecule has 1 aliphatic rings. The lowest BCUT2D eigenvalue weighted by molar-refractivity contribution is -0.135. The minimum absolute atomic E-state index is 0.404. The Bertz CT molecular complexity index is 834. The zero-order chi connectivity index (χ0) is 18.7. The van der Waals surface area contributed by atoms with E-state index in [0.29, 0.717) is 36.1 Å². The summed E-state index contributed by atoms with van der Waals surface area (Å²) < 4.78 is 23.9. The normalized spacial score (nSPS) is 13.0. The van der Waals surface area contributed by atoms with Crippen molar-refractivity contribution in [1.29, 1.82) is 0 Å². The number of halogens is 1. The summed E-state index contributed by atoms with van der Waals surface area (Å²) in [4.78, 5) is 25.1. The first kappa shape index (κ1) is 17.7. The van der Waals surface area contributed by atoms with E-state index >= 15 is 0 Å². The zero-order valence-electron chi connectivity index (χ0n) is 14.5. The van der Waals surface area contributed by atoms with Gasteiger partial charge < -0.3 is 20.1 Å². The number of ether oxygens (including phenoxy) is 2. The van der Waals surface area contributed by atoms with Gasteiger partial charge in [0.2, 0.25) is 11.8 Å². The van der Waals surface area contributed by atoms with Crippen molar-refractivity contribution in [3.8, 4) is 11.5 Å². The van der Waals surface area contributed by atoms with Crippen molar-refractivity contribution in [1.82, 2.24) is 0 Å². The Labute approximate surface area is 150 Å². The predicted molar refractivity (Wildman–Crippen MR) is 94.9 cm³/mol. The molecular formula is C19H19FN2O4. The summed E-state index contributed by atoms with van der Waals surface area (Å²) in [5, 5.41) is 5.33. The molecule has 1 aliphatic heterocycles. The highest BCUT2D eigenvalue weighted by Crippen LogP contribution is 2.33. The number of rotatable bonds is 4. The average Bonchev–Trinajstić information content (AvgIpc) is 2.63. The molecule has 2 N–H and O–H groups in total. The van der Waals surface area contributed by atoms with Gasteiger partial charge in [0.1, 0.15) is 24.4 Å². The van der Waals surface area contributed by atoms with Gasteiger partial charge in [-0.2, -0.15) is 0 Å². The van der Waals surface area contributed by atoms with Crippen molar-refractivity contribution in [2.45, 2.75) is 13.8 Å². The fourth-order valence-electron chi connectivity index (χ4n) is 2.33. The van der Waals surface area contributed by atoms with E-state index in [4.69, 9.17) is 9.47 Å². The molecule has 6 nitrogen and oxygen atoms in total. The highest BCUT2D eigenvalue weighted by Gasteiger charge is 2.36. The third-order valence-electron chi connectivity index (χ3n) is 4.04. The lowest BCUT2D eigenvalue weighted by Crippen LogP contribution is -2.41. The summed E-state index contributed by atoms with van der Waals surface area (Å²) in [5.74, 6) is -0.225. The van der Waals surface area contributed by atoms with E-state index in [1.54, 1.807) is 18.2 Å². The van der Waals surface area contributed by atoms with Crippen LogP contribution in [0.2, 0.25) is 0 Å². The number of hydrogen-bond acceptors (Lipinski definition) is 4. The standard InChI is InChI=1S/C19H19FN2O4/c1-19(2,17(23)21-13-5-3-12(20)4-6-13)18(24)22-14-7-8-15-16(11-14)26-10-9-25-15/h3-8,11H,9-10H2,1-2H3,(H,21,23)(H,22,24). The first-order chi connectivity index (χ1) is 12.4. The Morgan fingerprint density at radius 1 is 0.885 bits per heavy atom. The third-order valence-corrected chi connectivity index (χ3v) is 4.04. The smallest absolute Gasteiger partial charge is 0.239 e. The molecule has 1 heterocycles. The van der Waals surface area contributed by atoms with Crippen LogP contribution in [0.4, 0.5) is 15.8 Å². The predicted octanol–water partition coefficient (Wildman–Crippen LogP) is 3.20. The summed E-state index contributed by atoms with van der Waals surface area (Å²) in [7, 11) is 0. The van der Waals surface area contributed by atoms with E-state index in [1.165, 1.54) is 38.1 Å². The number of fused-ring (bicyclic) bond motifs is 1. The topological polar surface area (TPSA) is 76.7 Å². The number of carbonyl (C=O) groups excluding carboxylic acids is 2. The first-order valence-corrected chi connectivity index (χ1v) is 8.14. The Balaban J connectivity index is 1.69. The molecule has 0 saturated heterocycles. The number of nitrogens with one attached hydrogen (secondary N) is 2. The minimum atomic E-state index is -1.35. The molecule has 0 atom stereocenters. The van der Waals surface area contributed by atoms with Crippen LogP contribution in [-0.4, -0.2) is 25.0 Å². The summed E-state index contributed by atoms with van der Waals surface area (Å²) in [5.41, 5.74) is -0.430. The maximum absolute atomic E-state index is 13.0. The van der Waals surface area contributed by atoms with Gasteiger partial charge in [-0.1, -0.05) is 0 Å². The van der Waals surface area contributed by atoms with Crippen LogP contribution in [0, 0.1) is 11.2 Å². The second-order valence-electron chi connectivity index (χ2n) is 6.40. The number of hydrogen-bond donors (Lipinski definition) is 2. The molecule has 0 bridgehead atoms. The van der Waals surface area contributed by atoms with Crippen molar-refractivity contribution in [2.75, 3.05) is 23.8 Å². The second-order valence-corrected chi connectivity index (χ2v) is 6.40. The van der Waals surface area contributed by atoms with Crippen LogP contribution >= 0.6 is 0 Å². The van der Waals surface area contributed by atoms with E-state index in [9.17, 15) is 14.0 Å². The Morgan fingerprint density at radius 3 is 2.08 bits per heavy atom. The van der Waals surface area contributed by atoms with Crippen LogP contribution in [0.25, 0.3) is 0 Å². The van der Waals surface area contributed by atoms with E-state index in [0.717, 1.165) is 0 Å². The van der Waals surface area contributed by atoms with Gasteiger partial charge in [-0.05, 0) is 50.2 Å². The molecule has 0 radical (unpaired) electrons. The highest BCUT2D eigenvalue weighted by atomic mass is 19.1. The fraction of sp³-hybridized carbons (Fsp3) is 0.263. The molecule has 0 fully saturated rings. The molecule has 2 aromatic carbocycles. The van der Waals surface area contributed by atoms with E-state index < -0.39 is 23.0 Å². The zero-order valence-corrected chi connectivity index (χ0v) is 14.5. The van der Waals surface area contributed by atoms with Crippen molar-refractivity contribution in [3.05, 3.63) is 48.3 Å². The molecular weight excluding hydrogens is 339 g/mol. The van der Waals surface area contributed by atoms with Gasteiger partial charge in [0.25, 0.3) is 0 Å². The minimum Gasteiger partial charge on any atom is -0.486 e. The molecule has 0 saturated carbocycles. The Hall–Kier alpha value is -3.09. The first-order valence-electron chi connectivity index (χ1n) is 8.14. The van der Waals surface area contributed by atoms with E-state index in [-0.39, 0.29) is 0 Å². The van der Waals surface area contributed by atoms with Crippen molar-refractivity contribution in [3.63, 3.8) is 0 Å². The molecule has 3 rings (SSSR count). The maximum Gasteiger partial charge on any atom is 0.239 e. The summed E-state index contributed by atoms with van der Waals surface area (Å²) in [6.45, 7) is 3.95. The third kappa shape index (κ3) is 3.77. The van der Waals surface area contributed by atoms with E-state index in [1.807, 2.05) is 0 Å². The lowest BCUT2D eigenvalue weighted by Gasteiger charge is -2.23. The van der Waals surface area contributed by atoms with Crippen LogP contribution < -0.4 is 20.1 Å². The van der Waals surface area contributed by atoms with Crippen LogP contribution in [0.5, 0.6) is 11.5 Å². The largest absolute Gasteiger partial charge is 0.486 e. The molecule has 136 valence electrons. The molecule has 7 heteroatoms. The molecule has 26 heavy (non-hydrogen) atoms. The summed E-state index contributed by atoms with van der Waals surface area (Å²) >= 11 is 0. The summed E-state index contributed by atoms with van der Waals surface area (Å²) in [6, 6.07) is 10.4. The quantitative estimate of drug-likeness (QED) is 0.823. The van der Waals surface area contributed by atoms with Gasteiger partial charge >= 0.3 is 0 Å². The van der Waals surface area contributed by atoms with Gasteiger partial charge in [-0.3, -0.25) is 9.59 Å². The van der Waals surface area contributed by atoms with Gasteiger partial charge in [-0.15, -0.1) is 0 Å². The number of carbonyl (C=O) groups is 2. The van der Waals surface area contributed by atoms with Gasteiger partial charge in [0.05, 0.1) is 0 Å². The average molecular weight is 358 g/mol. The molecule has 0 aromatic heterocycles. The fourth-order valence-corrected chi connectivity index (χ4v) is 2.33. The Kier molecular flexibility index (Phi) is 4.79. The Morgan fingerprint density at radius 2 is 1.42 bits per heavy atom. The van der Waals surface area contributed by atoms with E-state index in [2.05, 4.69) is 10.6 Å². The number of anilines is 2. The molecule has 2 amide bonds. The van der Waals surface area contributed by atoms with Crippen LogP contribution in [0.1, 0.15) is 13.8 Å². The van der Waals surface area contributed by atoms with Crippen LogP contribution in [-0.2, 0) is 9.59 Å². The monoisotopic (exact) mass is 358 g/mol. The second kappa shape index (κ2) is 7.03. The van der Waals surface area contributed by atoms with Crippen LogP contribution in [0.15, 0.2) is 42.5 Å². The van der Waals surface area contributed by atoms with Crippen molar-refractivity contribution < 1.29 is 23.5 Å². The SMILES string of the molecule is CC(C)(C(=O)Nc1ccc(F)cc1)C(=O)Nc1ccc2c(c1)OCCO2. The summed E-state index contributed by atoms with van der Waals surface area (Å²) in [6.07, 6.45) is 0. The van der Waals surface area contributed by atoms with Gasteiger partial charge in [0.15, 0.2) is 11.5 Å². The molecule has 0 aliphatic carbocycles. The van der Waals surface area contributed by atoms with Crippen molar-refractivity contribution >= 4 is 23.2 Å².